The third kappa shape index (κ3) is 2.16. The van der Waals surface area contributed by atoms with E-state index in [0.717, 1.165) is 21.4 Å². The molecule has 2 aromatic heterocycles. The number of nitrogens with zero attached hydrogens (tertiary/aromatic N) is 3. The quantitative estimate of drug-likeness (QED) is 0.716. The molecule has 0 radical (unpaired) electrons. The maximum absolute atomic E-state index is 5.99. The number of hydrogen-bond acceptors (Lipinski definition) is 2. The molecule has 0 saturated heterocycles. The topological polar surface area (TPSA) is 30.7 Å². The predicted molar refractivity (Wildman–Crippen MR) is 76.9 cm³/mol. The maximum Gasteiger partial charge on any atom is 0.137 e. The van der Waals surface area contributed by atoms with Crippen LogP contribution in [0.15, 0.2) is 16.9 Å². The molecule has 0 atom stereocenters. The van der Waals surface area contributed by atoms with Crippen molar-refractivity contribution in [2.75, 3.05) is 0 Å². The average Bonchev–Trinajstić information content (AvgIpc) is 2.67. The monoisotopic (exact) mass is 327 g/mol. The Balaban J connectivity index is 2.03. The van der Waals surface area contributed by atoms with Crippen LogP contribution in [0.25, 0.3) is 10.9 Å². The Morgan fingerprint density at radius 3 is 2.78 bits per heavy atom. The van der Waals surface area contributed by atoms with Crippen LogP contribution >= 0.6 is 27.5 Å². The highest BCUT2D eigenvalue weighted by molar-refractivity contribution is 9.10. The lowest BCUT2D eigenvalue weighted by Gasteiger charge is -2.26. The van der Waals surface area contributed by atoms with Gasteiger partial charge in [0.2, 0.25) is 0 Å². The molecule has 2 aromatic rings. The number of fused-ring (bicyclic) bond motifs is 1. The Hall–Kier alpha value is -0.610. The number of halogens is 2. The van der Waals surface area contributed by atoms with E-state index in [-0.39, 0.29) is 0 Å². The first-order valence-corrected chi connectivity index (χ1v) is 7.51. The van der Waals surface area contributed by atoms with Gasteiger partial charge in [-0.25, -0.2) is 4.98 Å². The van der Waals surface area contributed by atoms with E-state index in [4.69, 9.17) is 11.6 Å². The van der Waals surface area contributed by atoms with Crippen molar-refractivity contribution in [2.45, 2.75) is 38.6 Å². The van der Waals surface area contributed by atoms with E-state index in [1.807, 2.05) is 6.07 Å². The van der Waals surface area contributed by atoms with E-state index in [9.17, 15) is 0 Å². The highest BCUT2D eigenvalue weighted by atomic mass is 79.9. The predicted octanol–water partition coefficient (Wildman–Crippen LogP) is 4.60. The Morgan fingerprint density at radius 1 is 1.33 bits per heavy atom. The summed E-state index contributed by atoms with van der Waals surface area (Å²) in [4.78, 5) is 4.12. The van der Waals surface area contributed by atoms with Crippen LogP contribution in [0.4, 0.5) is 0 Å². The number of pyridine rings is 1. The molecule has 0 spiro atoms. The summed E-state index contributed by atoms with van der Waals surface area (Å²) in [5.74, 6) is 0.844. The van der Waals surface area contributed by atoms with Gasteiger partial charge in [0.25, 0.3) is 0 Å². The SMILES string of the molecule is CC1CCC(n2nc(Br)c3cnc(Cl)cc32)CC1. The van der Waals surface area contributed by atoms with Gasteiger partial charge >= 0.3 is 0 Å². The molecule has 1 fully saturated rings. The fourth-order valence-corrected chi connectivity index (χ4v) is 3.36. The summed E-state index contributed by atoms with van der Waals surface area (Å²) in [6.07, 6.45) is 6.75. The number of rotatable bonds is 1. The van der Waals surface area contributed by atoms with Gasteiger partial charge in [-0.1, -0.05) is 18.5 Å². The zero-order valence-electron chi connectivity index (χ0n) is 10.2. The van der Waals surface area contributed by atoms with Crippen LogP contribution in [0.2, 0.25) is 5.15 Å². The Kier molecular flexibility index (Phi) is 3.32. The largest absolute Gasteiger partial charge is 0.260 e. The van der Waals surface area contributed by atoms with Gasteiger partial charge in [-0.2, -0.15) is 5.10 Å². The summed E-state index contributed by atoms with van der Waals surface area (Å²) < 4.78 is 2.99. The van der Waals surface area contributed by atoms with Crippen LogP contribution in [0, 0.1) is 5.92 Å². The van der Waals surface area contributed by atoms with E-state index in [0.29, 0.717) is 11.2 Å². The molecule has 96 valence electrons. The molecule has 2 heterocycles. The van der Waals surface area contributed by atoms with Gasteiger partial charge < -0.3 is 0 Å². The zero-order chi connectivity index (χ0) is 12.7. The molecule has 5 heteroatoms. The summed E-state index contributed by atoms with van der Waals surface area (Å²) in [6.45, 7) is 2.33. The molecular weight excluding hydrogens is 314 g/mol. The standard InChI is InChI=1S/C13H15BrClN3/c1-8-2-4-9(5-3-8)18-11-6-12(15)16-7-10(11)13(14)17-18/h6-9H,2-5H2,1H3. The summed E-state index contributed by atoms with van der Waals surface area (Å²) >= 11 is 9.50. The maximum atomic E-state index is 5.99. The van der Waals surface area contributed by atoms with Crippen molar-refractivity contribution in [1.29, 1.82) is 0 Å². The van der Waals surface area contributed by atoms with E-state index in [1.54, 1.807) is 6.20 Å². The minimum absolute atomic E-state index is 0.494. The lowest BCUT2D eigenvalue weighted by molar-refractivity contribution is 0.278. The third-order valence-electron chi connectivity index (χ3n) is 3.84. The van der Waals surface area contributed by atoms with E-state index in [2.05, 4.69) is 37.6 Å². The van der Waals surface area contributed by atoms with Gasteiger partial charge in [0.05, 0.1) is 16.9 Å². The van der Waals surface area contributed by atoms with Crippen molar-refractivity contribution in [3.05, 3.63) is 22.0 Å². The molecule has 0 amide bonds. The second-order valence-corrected chi connectivity index (χ2v) is 6.31. The Bertz CT molecular complexity index is 573. The van der Waals surface area contributed by atoms with E-state index >= 15 is 0 Å². The van der Waals surface area contributed by atoms with Crippen LogP contribution in [0.1, 0.15) is 38.6 Å². The first-order valence-electron chi connectivity index (χ1n) is 6.34. The second-order valence-electron chi connectivity index (χ2n) is 5.17. The van der Waals surface area contributed by atoms with Crippen molar-refractivity contribution in [1.82, 2.24) is 14.8 Å². The molecule has 0 unspecified atom stereocenters. The molecule has 3 nitrogen and oxygen atoms in total. The van der Waals surface area contributed by atoms with Gasteiger partial charge in [-0.15, -0.1) is 0 Å². The fraction of sp³-hybridized carbons (Fsp3) is 0.538. The van der Waals surface area contributed by atoms with E-state index < -0.39 is 0 Å². The molecule has 0 N–H and O–H groups in total. The van der Waals surface area contributed by atoms with Crippen LogP contribution in [0.3, 0.4) is 0 Å². The molecule has 0 aromatic carbocycles. The van der Waals surface area contributed by atoms with Crippen molar-refractivity contribution >= 4 is 38.4 Å². The second kappa shape index (κ2) is 4.82. The molecule has 3 rings (SSSR count). The Morgan fingerprint density at radius 2 is 2.06 bits per heavy atom. The van der Waals surface area contributed by atoms with Gasteiger partial charge in [-0.05, 0) is 47.5 Å². The normalized spacial score (nSPS) is 24.6. The number of aromatic nitrogens is 3. The summed E-state index contributed by atoms with van der Waals surface area (Å²) in [7, 11) is 0. The van der Waals surface area contributed by atoms with Crippen LogP contribution < -0.4 is 0 Å². The third-order valence-corrected chi connectivity index (χ3v) is 4.64. The van der Waals surface area contributed by atoms with Crippen LogP contribution in [-0.2, 0) is 0 Å². The minimum atomic E-state index is 0.494. The molecular formula is C13H15BrClN3. The number of hydrogen-bond donors (Lipinski definition) is 0. The van der Waals surface area contributed by atoms with Crippen molar-refractivity contribution < 1.29 is 0 Å². The van der Waals surface area contributed by atoms with Gasteiger partial charge in [0, 0.05) is 12.3 Å². The first-order chi connectivity index (χ1) is 8.65. The average molecular weight is 329 g/mol. The van der Waals surface area contributed by atoms with Crippen LogP contribution in [-0.4, -0.2) is 14.8 Å². The Labute approximate surface area is 120 Å². The fourth-order valence-electron chi connectivity index (χ4n) is 2.74. The lowest BCUT2D eigenvalue weighted by Crippen LogP contribution is -2.17. The van der Waals surface area contributed by atoms with E-state index in [1.165, 1.54) is 25.7 Å². The molecule has 0 aliphatic heterocycles. The molecule has 0 bridgehead atoms. The van der Waals surface area contributed by atoms with Crippen molar-refractivity contribution in [3.63, 3.8) is 0 Å². The molecule has 18 heavy (non-hydrogen) atoms. The summed E-state index contributed by atoms with van der Waals surface area (Å²) in [6, 6.07) is 2.40. The van der Waals surface area contributed by atoms with Gasteiger partial charge in [0.15, 0.2) is 0 Å². The summed E-state index contributed by atoms with van der Waals surface area (Å²) in [5, 5.41) is 6.18. The van der Waals surface area contributed by atoms with Gasteiger partial charge in [0.1, 0.15) is 9.76 Å². The van der Waals surface area contributed by atoms with Crippen molar-refractivity contribution in [3.8, 4) is 0 Å². The van der Waals surface area contributed by atoms with Gasteiger partial charge in [-0.3, -0.25) is 4.68 Å². The van der Waals surface area contributed by atoms with Crippen LogP contribution in [0.5, 0.6) is 0 Å². The minimum Gasteiger partial charge on any atom is -0.260 e. The highest BCUT2D eigenvalue weighted by Gasteiger charge is 2.22. The molecule has 1 aliphatic rings. The van der Waals surface area contributed by atoms with Crippen molar-refractivity contribution in [2.24, 2.45) is 5.92 Å². The molecule has 1 aliphatic carbocycles. The lowest BCUT2D eigenvalue weighted by atomic mass is 9.87. The smallest absolute Gasteiger partial charge is 0.137 e. The highest BCUT2D eigenvalue weighted by Crippen LogP contribution is 2.35. The summed E-state index contributed by atoms with van der Waals surface area (Å²) in [5.41, 5.74) is 1.08. The molecule has 1 saturated carbocycles. The first kappa shape index (κ1) is 12.4. The zero-order valence-corrected chi connectivity index (χ0v) is 12.6.